The fourth-order valence-corrected chi connectivity index (χ4v) is 8.17. The first-order valence-corrected chi connectivity index (χ1v) is 18.0. The van der Waals surface area contributed by atoms with Crippen LogP contribution >= 0.6 is 0 Å². The maximum Gasteiger partial charge on any atom is 0.0992 e. The molecule has 0 saturated heterocycles. The van der Waals surface area contributed by atoms with E-state index in [1.165, 1.54) is 60.3 Å². The maximum atomic E-state index is 9.69. The van der Waals surface area contributed by atoms with E-state index in [0.717, 1.165) is 33.2 Å². The molecule has 9 aromatic carbocycles. The number of hydrogen-bond acceptors (Lipinski definition) is 1. The highest BCUT2D eigenvalue weighted by Gasteiger charge is 2.18. The van der Waals surface area contributed by atoms with Crippen molar-refractivity contribution in [2.75, 3.05) is 0 Å². The Bertz CT molecular complexity index is 3020. The lowest BCUT2D eigenvalue weighted by Gasteiger charge is -2.18. The van der Waals surface area contributed by atoms with Gasteiger partial charge < -0.3 is 4.57 Å². The molecule has 2 nitrogen and oxygen atoms in total. The van der Waals surface area contributed by atoms with Gasteiger partial charge in [-0.3, -0.25) is 0 Å². The molecule has 1 heterocycles. The summed E-state index contributed by atoms with van der Waals surface area (Å²) in [6.07, 6.45) is 0. The molecule has 1 aromatic heterocycles. The van der Waals surface area contributed by atoms with Gasteiger partial charge >= 0.3 is 0 Å². The molecule has 0 bridgehead atoms. The quantitative estimate of drug-likeness (QED) is 0.167. The van der Waals surface area contributed by atoms with Crippen molar-refractivity contribution in [1.82, 2.24) is 4.57 Å². The van der Waals surface area contributed by atoms with Crippen LogP contribution in [-0.2, 0) is 0 Å². The second-order valence-corrected chi connectivity index (χ2v) is 13.6. The number of fused-ring (bicyclic) bond motifs is 5. The van der Waals surface area contributed by atoms with Gasteiger partial charge in [0.15, 0.2) is 0 Å². The van der Waals surface area contributed by atoms with Crippen LogP contribution in [0.25, 0.3) is 93.5 Å². The summed E-state index contributed by atoms with van der Waals surface area (Å²) in [7, 11) is 0. The maximum absolute atomic E-state index is 9.69. The number of hydrogen-bond donors (Lipinski definition) is 0. The van der Waals surface area contributed by atoms with E-state index in [1.807, 2.05) is 18.2 Å². The summed E-state index contributed by atoms with van der Waals surface area (Å²) in [5.74, 6) is 0. The van der Waals surface area contributed by atoms with Crippen molar-refractivity contribution in [2.45, 2.75) is 0 Å². The normalized spacial score (nSPS) is 11.4. The Balaban J connectivity index is 1.12. The van der Waals surface area contributed by atoms with Gasteiger partial charge in [-0.05, 0) is 102 Å². The van der Waals surface area contributed by atoms with E-state index >= 15 is 0 Å². The van der Waals surface area contributed by atoms with E-state index < -0.39 is 0 Å². The van der Waals surface area contributed by atoms with Crippen LogP contribution in [0.4, 0.5) is 0 Å². The standard InChI is InChI=1S/C51H32N2/c52-33-34-20-27-42-43-28-25-40(32-49(43)53(48(42)30-34)41-16-8-3-9-17-41)36-23-21-35(22-24-36)39-26-29-46-47(31-39)51(38-14-6-2-7-15-38)45-19-11-10-18-44(45)50(46)37-12-4-1-5-13-37/h1-32H. The van der Waals surface area contributed by atoms with Gasteiger partial charge in [-0.15, -0.1) is 0 Å². The fraction of sp³-hybridized carbons (Fsp3) is 0. The van der Waals surface area contributed by atoms with Gasteiger partial charge in [0.05, 0.1) is 22.7 Å². The number of nitriles is 1. The van der Waals surface area contributed by atoms with Crippen molar-refractivity contribution in [3.8, 4) is 56.3 Å². The average molecular weight is 673 g/mol. The van der Waals surface area contributed by atoms with Gasteiger partial charge in [0.1, 0.15) is 0 Å². The minimum absolute atomic E-state index is 0.655. The lowest BCUT2D eigenvalue weighted by Crippen LogP contribution is -1.93. The van der Waals surface area contributed by atoms with Crippen molar-refractivity contribution >= 4 is 43.4 Å². The molecule has 0 unspecified atom stereocenters. The zero-order valence-corrected chi connectivity index (χ0v) is 28.9. The van der Waals surface area contributed by atoms with Crippen LogP contribution in [0.2, 0.25) is 0 Å². The Hall–Kier alpha value is -7.21. The molecule has 10 rings (SSSR count). The minimum atomic E-state index is 0.655. The van der Waals surface area contributed by atoms with E-state index in [4.69, 9.17) is 0 Å². The Labute approximate surface area is 308 Å². The van der Waals surface area contributed by atoms with E-state index in [9.17, 15) is 5.26 Å². The van der Waals surface area contributed by atoms with E-state index in [2.05, 4.69) is 187 Å². The SMILES string of the molecule is N#Cc1ccc2c3ccc(-c4ccc(-c5ccc6c(-c7ccccc7)c7ccccc7c(-c7ccccc7)c6c5)cc4)cc3n(-c3ccccc3)c2c1. The van der Waals surface area contributed by atoms with Crippen LogP contribution in [0.3, 0.4) is 0 Å². The fourth-order valence-electron chi connectivity index (χ4n) is 8.17. The Morgan fingerprint density at radius 3 is 1.34 bits per heavy atom. The molecule has 2 heteroatoms. The molecule has 0 radical (unpaired) electrons. The van der Waals surface area contributed by atoms with Crippen LogP contribution in [0.5, 0.6) is 0 Å². The highest BCUT2D eigenvalue weighted by molar-refractivity contribution is 6.22. The minimum Gasteiger partial charge on any atom is -0.309 e. The molecule has 0 fully saturated rings. The lowest BCUT2D eigenvalue weighted by molar-refractivity contribution is 1.18. The van der Waals surface area contributed by atoms with Crippen molar-refractivity contribution < 1.29 is 0 Å². The van der Waals surface area contributed by atoms with Gasteiger partial charge in [0, 0.05) is 16.5 Å². The number of rotatable bonds is 5. The molecule has 0 aliphatic rings. The molecule has 246 valence electrons. The highest BCUT2D eigenvalue weighted by Crippen LogP contribution is 2.45. The van der Waals surface area contributed by atoms with Crippen molar-refractivity contribution in [3.63, 3.8) is 0 Å². The molecular weight excluding hydrogens is 641 g/mol. The van der Waals surface area contributed by atoms with Crippen molar-refractivity contribution in [3.05, 3.63) is 200 Å². The largest absolute Gasteiger partial charge is 0.309 e. The first-order chi connectivity index (χ1) is 26.2. The summed E-state index contributed by atoms with van der Waals surface area (Å²) in [4.78, 5) is 0. The summed E-state index contributed by atoms with van der Waals surface area (Å²) in [5.41, 5.74) is 13.5. The number of aromatic nitrogens is 1. The average Bonchev–Trinajstić information content (AvgIpc) is 3.56. The third kappa shape index (κ3) is 5.10. The van der Waals surface area contributed by atoms with Crippen LogP contribution in [0, 0.1) is 11.3 Å². The van der Waals surface area contributed by atoms with E-state index in [1.54, 1.807) is 0 Å². The molecule has 0 spiro atoms. The first-order valence-electron chi connectivity index (χ1n) is 18.0. The van der Waals surface area contributed by atoms with Gasteiger partial charge in [-0.25, -0.2) is 0 Å². The van der Waals surface area contributed by atoms with Crippen LogP contribution in [-0.4, -0.2) is 4.57 Å². The van der Waals surface area contributed by atoms with Gasteiger partial charge in [0.2, 0.25) is 0 Å². The molecule has 0 N–H and O–H groups in total. The third-order valence-corrected chi connectivity index (χ3v) is 10.6. The Kier molecular flexibility index (Phi) is 7.23. The Morgan fingerprint density at radius 2 is 0.755 bits per heavy atom. The van der Waals surface area contributed by atoms with Crippen LogP contribution < -0.4 is 0 Å². The zero-order valence-electron chi connectivity index (χ0n) is 28.9. The second kappa shape index (κ2) is 12.5. The summed E-state index contributed by atoms with van der Waals surface area (Å²) < 4.78 is 2.27. The summed E-state index contributed by atoms with van der Waals surface area (Å²) >= 11 is 0. The van der Waals surface area contributed by atoms with Gasteiger partial charge in [-0.1, -0.05) is 158 Å². The first kappa shape index (κ1) is 30.6. The molecule has 0 aliphatic carbocycles. The second-order valence-electron chi connectivity index (χ2n) is 13.6. The third-order valence-electron chi connectivity index (χ3n) is 10.6. The lowest BCUT2D eigenvalue weighted by atomic mass is 9.85. The summed E-state index contributed by atoms with van der Waals surface area (Å²) in [6.45, 7) is 0. The van der Waals surface area contributed by atoms with Crippen LogP contribution in [0.1, 0.15) is 5.56 Å². The molecule has 0 atom stereocenters. The monoisotopic (exact) mass is 672 g/mol. The molecule has 0 amide bonds. The number of nitrogens with zero attached hydrogens (tertiary/aromatic N) is 2. The zero-order chi connectivity index (χ0) is 35.3. The van der Waals surface area contributed by atoms with Gasteiger partial charge in [0.25, 0.3) is 0 Å². The predicted octanol–water partition coefficient (Wildman–Crippen LogP) is 13.6. The van der Waals surface area contributed by atoms with Gasteiger partial charge in [-0.2, -0.15) is 5.26 Å². The topological polar surface area (TPSA) is 28.7 Å². The molecular formula is C51H32N2. The summed E-state index contributed by atoms with van der Waals surface area (Å²) in [6, 6.07) is 71.7. The summed E-state index contributed by atoms with van der Waals surface area (Å²) in [5, 5.41) is 17.0. The van der Waals surface area contributed by atoms with E-state index in [0.29, 0.717) is 5.56 Å². The smallest absolute Gasteiger partial charge is 0.0992 e. The molecule has 53 heavy (non-hydrogen) atoms. The molecule has 0 saturated carbocycles. The molecule has 0 aliphatic heterocycles. The Morgan fingerprint density at radius 1 is 0.321 bits per heavy atom. The molecule has 10 aromatic rings. The van der Waals surface area contributed by atoms with Crippen LogP contribution in [0.15, 0.2) is 194 Å². The van der Waals surface area contributed by atoms with Crippen molar-refractivity contribution in [1.29, 1.82) is 5.26 Å². The van der Waals surface area contributed by atoms with Crippen molar-refractivity contribution in [2.24, 2.45) is 0 Å². The predicted molar refractivity (Wildman–Crippen MR) is 222 cm³/mol. The number of benzene rings is 9. The highest BCUT2D eigenvalue weighted by atomic mass is 15.0. The van der Waals surface area contributed by atoms with E-state index in [-0.39, 0.29) is 0 Å². The number of para-hydroxylation sites is 1.